The van der Waals surface area contributed by atoms with E-state index in [0.717, 1.165) is 17.7 Å². The van der Waals surface area contributed by atoms with Crippen LogP contribution in [-0.4, -0.2) is 20.0 Å². The number of pyridine rings is 1. The summed E-state index contributed by atoms with van der Waals surface area (Å²) in [5.74, 6) is 0. The van der Waals surface area contributed by atoms with Gasteiger partial charge in [-0.25, -0.2) is 4.68 Å². The van der Waals surface area contributed by atoms with Crippen LogP contribution in [-0.2, 0) is 6.42 Å². The molecular weight excluding hydrogens is 262 g/mol. The Morgan fingerprint density at radius 3 is 2.43 bits per heavy atom. The van der Waals surface area contributed by atoms with Crippen LogP contribution in [0.5, 0.6) is 0 Å². The molecule has 0 amide bonds. The second-order valence-electron chi connectivity index (χ2n) is 4.57. The molecular formula is C16H13N5. The fourth-order valence-corrected chi connectivity index (χ4v) is 2.18. The molecule has 0 fully saturated rings. The van der Waals surface area contributed by atoms with Crippen LogP contribution < -0.4 is 0 Å². The average Bonchev–Trinajstić information content (AvgIpc) is 2.99. The van der Waals surface area contributed by atoms with Crippen LogP contribution >= 0.6 is 0 Å². The molecule has 0 spiro atoms. The molecule has 5 nitrogen and oxygen atoms in total. The molecule has 0 bridgehead atoms. The molecule has 1 aromatic carbocycles. The van der Waals surface area contributed by atoms with Gasteiger partial charge < -0.3 is 0 Å². The van der Waals surface area contributed by atoms with Crippen molar-refractivity contribution in [1.82, 2.24) is 20.0 Å². The molecule has 0 aliphatic heterocycles. The van der Waals surface area contributed by atoms with Gasteiger partial charge in [0.25, 0.3) is 0 Å². The van der Waals surface area contributed by atoms with Gasteiger partial charge >= 0.3 is 0 Å². The molecule has 2 heterocycles. The van der Waals surface area contributed by atoms with Gasteiger partial charge in [0.15, 0.2) is 5.69 Å². The first-order valence-electron chi connectivity index (χ1n) is 6.69. The molecule has 0 aliphatic rings. The van der Waals surface area contributed by atoms with Crippen molar-refractivity contribution in [3.8, 4) is 23.0 Å². The van der Waals surface area contributed by atoms with Crippen LogP contribution in [0.15, 0.2) is 48.8 Å². The van der Waals surface area contributed by atoms with Gasteiger partial charge in [-0.05, 0) is 36.2 Å². The molecule has 0 saturated heterocycles. The van der Waals surface area contributed by atoms with Gasteiger partial charge in [-0.1, -0.05) is 24.3 Å². The Hall–Kier alpha value is -3.00. The lowest BCUT2D eigenvalue weighted by molar-refractivity contribution is 0.806. The first kappa shape index (κ1) is 13.0. The second-order valence-corrected chi connectivity index (χ2v) is 4.57. The van der Waals surface area contributed by atoms with E-state index in [1.165, 1.54) is 5.56 Å². The number of hydrogen-bond acceptors (Lipinski definition) is 4. The van der Waals surface area contributed by atoms with Crippen LogP contribution in [0.25, 0.3) is 16.9 Å². The number of benzene rings is 1. The van der Waals surface area contributed by atoms with Gasteiger partial charge in [0, 0.05) is 18.0 Å². The molecule has 3 rings (SSSR count). The number of rotatable bonds is 3. The largest absolute Gasteiger partial charge is 0.265 e. The number of aromatic nitrogens is 4. The van der Waals surface area contributed by atoms with E-state index in [2.05, 4.69) is 40.4 Å². The predicted molar refractivity (Wildman–Crippen MR) is 78.7 cm³/mol. The molecule has 5 heteroatoms. The lowest BCUT2D eigenvalue weighted by Gasteiger charge is -2.07. The Balaban J connectivity index is 2.15. The van der Waals surface area contributed by atoms with E-state index >= 15 is 0 Å². The minimum Gasteiger partial charge on any atom is -0.265 e. The molecule has 0 saturated carbocycles. The van der Waals surface area contributed by atoms with Crippen LogP contribution in [0.4, 0.5) is 0 Å². The molecule has 0 unspecified atom stereocenters. The SMILES string of the molecule is CCc1ccc(-n2nnc(C#N)c2-c2ccncc2)cc1. The third-order valence-electron chi connectivity index (χ3n) is 3.32. The van der Waals surface area contributed by atoms with Gasteiger partial charge in [0.2, 0.25) is 0 Å². The quantitative estimate of drug-likeness (QED) is 0.737. The summed E-state index contributed by atoms with van der Waals surface area (Å²) in [5, 5.41) is 17.3. The second kappa shape index (κ2) is 5.55. The Kier molecular flexibility index (Phi) is 3.44. The minimum atomic E-state index is 0.306. The molecule has 0 aliphatic carbocycles. The molecule has 2 aromatic heterocycles. The van der Waals surface area contributed by atoms with E-state index in [-0.39, 0.29) is 0 Å². The van der Waals surface area contributed by atoms with Crippen LogP contribution in [0.1, 0.15) is 18.2 Å². The highest BCUT2D eigenvalue weighted by atomic mass is 15.4. The number of nitrogens with zero attached hydrogens (tertiary/aromatic N) is 5. The van der Waals surface area contributed by atoms with E-state index in [9.17, 15) is 5.26 Å². The third kappa shape index (κ3) is 2.39. The minimum absolute atomic E-state index is 0.306. The van der Waals surface area contributed by atoms with Crippen molar-refractivity contribution in [2.45, 2.75) is 13.3 Å². The van der Waals surface area contributed by atoms with E-state index < -0.39 is 0 Å². The number of aryl methyl sites for hydroxylation is 1. The molecule has 0 atom stereocenters. The standard InChI is InChI=1S/C16H13N5/c1-2-12-3-5-14(6-4-12)21-16(15(11-17)19-20-21)13-7-9-18-10-8-13/h3-10H,2H2,1H3. The highest BCUT2D eigenvalue weighted by Gasteiger charge is 2.15. The average molecular weight is 275 g/mol. The molecule has 21 heavy (non-hydrogen) atoms. The maximum atomic E-state index is 9.24. The molecule has 0 radical (unpaired) electrons. The van der Waals surface area contributed by atoms with Crippen molar-refractivity contribution >= 4 is 0 Å². The normalized spacial score (nSPS) is 10.3. The van der Waals surface area contributed by atoms with Crippen LogP contribution in [0, 0.1) is 11.3 Å². The van der Waals surface area contributed by atoms with Crippen molar-refractivity contribution in [2.75, 3.05) is 0 Å². The summed E-state index contributed by atoms with van der Waals surface area (Å²) >= 11 is 0. The van der Waals surface area contributed by atoms with Gasteiger partial charge in [0.1, 0.15) is 11.8 Å². The monoisotopic (exact) mass is 275 g/mol. The number of hydrogen-bond donors (Lipinski definition) is 0. The molecule has 0 N–H and O–H groups in total. The van der Waals surface area contributed by atoms with Gasteiger partial charge in [0.05, 0.1) is 5.69 Å². The summed E-state index contributed by atoms with van der Waals surface area (Å²) in [6.07, 6.45) is 4.36. The van der Waals surface area contributed by atoms with Crippen molar-refractivity contribution < 1.29 is 0 Å². The molecule has 102 valence electrons. The van der Waals surface area contributed by atoms with Crippen molar-refractivity contribution in [1.29, 1.82) is 5.26 Å². The summed E-state index contributed by atoms with van der Waals surface area (Å²) in [6, 6.07) is 13.9. The van der Waals surface area contributed by atoms with Crippen molar-refractivity contribution in [3.05, 3.63) is 60.0 Å². The predicted octanol–water partition coefficient (Wildman–Crippen LogP) is 2.76. The molecule has 3 aromatic rings. The smallest absolute Gasteiger partial charge is 0.191 e. The third-order valence-corrected chi connectivity index (χ3v) is 3.32. The zero-order valence-corrected chi connectivity index (χ0v) is 11.6. The maximum Gasteiger partial charge on any atom is 0.191 e. The zero-order chi connectivity index (χ0) is 14.7. The van der Waals surface area contributed by atoms with E-state index in [4.69, 9.17) is 0 Å². The fraction of sp³-hybridized carbons (Fsp3) is 0.125. The lowest BCUT2D eigenvalue weighted by atomic mass is 10.1. The van der Waals surface area contributed by atoms with Crippen molar-refractivity contribution in [3.63, 3.8) is 0 Å². The van der Waals surface area contributed by atoms with E-state index in [1.54, 1.807) is 17.1 Å². The topological polar surface area (TPSA) is 67.4 Å². The van der Waals surface area contributed by atoms with Gasteiger partial charge in [-0.3, -0.25) is 4.98 Å². The fourth-order valence-electron chi connectivity index (χ4n) is 2.18. The van der Waals surface area contributed by atoms with Crippen LogP contribution in [0.3, 0.4) is 0 Å². The Morgan fingerprint density at radius 2 is 1.81 bits per heavy atom. The Morgan fingerprint density at radius 1 is 1.10 bits per heavy atom. The maximum absolute atomic E-state index is 9.24. The van der Waals surface area contributed by atoms with E-state index in [0.29, 0.717) is 11.4 Å². The van der Waals surface area contributed by atoms with Gasteiger partial charge in [-0.2, -0.15) is 5.26 Å². The zero-order valence-electron chi connectivity index (χ0n) is 11.6. The van der Waals surface area contributed by atoms with Crippen LogP contribution in [0.2, 0.25) is 0 Å². The lowest BCUT2D eigenvalue weighted by Crippen LogP contribution is -2.00. The number of nitriles is 1. The summed E-state index contributed by atoms with van der Waals surface area (Å²) in [4.78, 5) is 4.00. The highest BCUT2D eigenvalue weighted by molar-refractivity contribution is 5.66. The highest BCUT2D eigenvalue weighted by Crippen LogP contribution is 2.24. The summed E-state index contributed by atoms with van der Waals surface area (Å²) < 4.78 is 1.69. The van der Waals surface area contributed by atoms with Gasteiger partial charge in [-0.15, -0.1) is 5.10 Å². The first-order chi connectivity index (χ1) is 10.3. The Labute approximate surface area is 122 Å². The summed E-state index contributed by atoms with van der Waals surface area (Å²) in [7, 11) is 0. The first-order valence-corrected chi connectivity index (χ1v) is 6.69. The van der Waals surface area contributed by atoms with E-state index in [1.807, 2.05) is 24.3 Å². The Bertz CT molecular complexity index is 782. The van der Waals surface area contributed by atoms with Crippen molar-refractivity contribution in [2.24, 2.45) is 0 Å². The summed E-state index contributed by atoms with van der Waals surface area (Å²) in [6.45, 7) is 2.11. The summed E-state index contributed by atoms with van der Waals surface area (Å²) in [5.41, 5.74) is 3.99.